The summed E-state index contributed by atoms with van der Waals surface area (Å²) >= 11 is 0. The zero-order chi connectivity index (χ0) is 26.1. The largest absolute Gasteiger partial charge is 0.492 e. The molecular weight excluding hydrogens is 458 g/mol. The SMILES string of the molecule is CC(C)(C)c1ccc(OCCn2c(CCCCCNC(=O)Cc3ccccc3)nc3ccccc32)cc1. The van der Waals surface area contributed by atoms with Gasteiger partial charge in [-0.2, -0.15) is 0 Å². The lowest BCUT2D eigenvalue weighted by Crippen LogP contribution is -2.26. The zero-order valence-corrected chi connectivity index (χ0v) is 22.4. The zero-order valence-electron chi connectivity index (χ0n) is 22.4. The van der Waals surface area contributed by atoms with E-state index < -0.39 is 0 Å². The monoisotopic (exact) mass is 497 g/mol. The van der Waals surface area contributed by atoms with Crippen molar-refractivity contribution in [3.8, 4) is 5.75 Å². The van der Waals surface area contributed by atoms with Crippen LogP contribution in [-0.2, 0) is 29.6 Å². The molecule has 0 aliphatic heterocycles. The number of aryl methyl sites for hydroxylation is 1. The van der Waals surface area contributed by atoms with E-state index in [-0.39, 0.29) is 11.3 Å². The highest BCUT2D eigenvalue weighted by Gasteiger charge is 2.14. The Balaban J connectivity index is 1.25. The summed E-state index contributed by atoms with van der Waals surface area (Å²) in [5, 5.41) is 3.04. The van der Waals surface area contributed by atoms with Gasteiger partial charge in [-0.3, -0.25) is 4.79 Å². The van der Waals surface area contributed by atoms with Gasteiger partial charge in [0.15, 0.2) is 0 Å². The fraction of sp³-hybridized carbons (Fsp3) is 0.375. The molecule has 5 nitrogen and oxygen atoms in total. The topological polar surface area (TPSA) is 56.1 Å². The van der Waals surface area contributed by atoms with Crippen LogP contribution in [-0.4, -0.2) is 28.6 Å². The lowest BCUT2D eigenvalue weighted by molar-refractivity contribution is -0.120. The number of rotatable bonds is 12. The molecule has 194 valence electrons. The smallest absolute Gasteiger partial charge is 0.224 e. The highest BCUT2D eigenvalue weighted by molar-refractivity contribution is 5.78. The maximum Gasteiger partial charge on any atom is 0.224 e. The maximum absolute atomic E-state index is 12.1. The van der Waals surface area contributed by atoms with Crippen LogP contribution in [0.3, 0.4) is 0 Å². The molecular formula is C32H39N3O2. The predicted octanol–water partition coefficient (Wildman–Crippen LogP) is 6.48. The Morgan fingerprint density at radius 3 is 2.38 bits per heavy atom. The minimum atomic E-state index is 0.0843. The van der Waals surface area contributed by atoms with E-state index in [1.54, 1.807) is 0 Å². The van der Waals surface area contributed by atoms with Gasteiger partial charge >= 0.3 is 0 Å². The molecule has 4 rings (SSSR count). The minimum absolute atomic E-state index is 0.0843. The highest BCUT2D eigenvalue weighted by atomic mass is 16.5. The number of para-hydroxylation sites is 2. The first kappa shape index (κ1) is 26.5. The molecule has 0 radical (unpaired) electrons. The van der Waals surface area contributed by atoms with Crippen molar-refractivity contribution in [2.45, 2.75) is 64.8 Å². The number of amides is 1. The first-order valence-electron chi connectivity index (χ1n) is 13.4. The summed E-state index contributed by atoms with van der Waals surface area (Å²) < 4.78 is 8.38. The number of ether oxygens (including phenoxy) is 1. The Morgan fingerprint density at radius 1 is 0.892 bits per heavy atom. The van der Waals surface area contributed by atoms with E-state index in [1.165, 1.54) is 5.56 Å². The quantitative estimate of drug-likeness (QED) is 0.228. The van der Waals surface area contributed by atoms with Gasteiger partial charge in [0.25, 0.3) is 0 Å². The van der Waals surface area contributed by atoms with E-state index in [0.717, 1.165) is 60.4 Å². The number of nitrogens with zero attached hydrogens (tertiary/aromatic N) is 2. The van der Waals surface area contributed by atoms with Gasteiger partial charge in [0, 0.05) is 13.0 Å². The third-order valence-corrected chi connectivity index (χ3v) is 6.64. The van der Waals surface area contributed by atoms with Crippen molar-refractivity contribution in [1.29, 1.82) is 0 Å². The molecule has 1 amide bonds. The molecule has 1 aromatic heterocycles. The van der Waals surface area contributed by atoms with Crippen LogP contribution < -0.4 is 10.1 Å². The fourth-order valence-electron chi connectivity index (χ4n) is 4.53. The second kappa shape index (κ2) is 12.6. The van der Waals surface area contributed by atoms with Gasteiger partial charge in [0.05, 0.1) is 24.0 Å². The standard InChI is InChI=1S/C32H39N3O2/c1-32(2,3)26-17-19-27(20-18-26)37-23-22-35-29-15-10-9-14-28(29)34-30(35)16-8-5-11-21-33-31(36)24-25-12-6-4-7-13-25/h4,6-7,9-10,12-15,17-20H,5,8,11,16,21-24H2,1-3H3,(H,33,36). The molecule has 0 unspecified atom stereocenters. The van der Waals surface area contributed by atoms with Crippen LogP contribution in [0, 0.1) is 0 Å². The number of nitrogens with one attached hydrogen (secondary N) is 1. The molecule has 0 saturated heterocycles. The summed E-state index contributed by atoms with van der Waals surface area (Å²) in [4.78, 5) is 17.0. The molecule has 0 bridgehead atoms. The lowest BCUT2D eigenvalue weighted by Gasteiger charge is -2.19. The second-order valence-corrected chi connectivity index (χ2v) is 10.6. The Hall–Kier alpha value is -3.60. The third-order valence-electron chi connectivity index (χ3n) is 6.64. The Kier molecular flexibility index (Phi) is 8.99. The van der Waals surface area contributed by atoms with Crippen molar-refractivity contribution in [3.63, 3.8) is 0 Å². The average Bonchev–Trinajstić information content (AvgIpc) is 3.24. The molecule has 1 heterocycles. The molecule has 1 N–H and O–H groups in total. The summed E-state index contributed by atoms with van der Waals surface area (Å²) in [7, 11) is 0. The predicted molar refractivity (Wildman–Crippen MR) is 151 cm³/mol. The van der Waals surface area contributed by atoms with Gasteiger partial charge in [-0.1, -0.05) is 81.8 Å². The number of fused-ring (bicyclic) bond motifs is 1. The molecule has 4 aromatic rings. The van der Waals surface area contributed by atoms with Crippen LogP contribution in [0.25, 0.3) is 11.0 Å². The van der Waals surface area contributed by atoms with Crippen molar-refractivity contribution < 1.29 is 9.53 Å². The van der Waals surface area contributed by atoms with Crippen molar-refractivity contribution in [1.82, 2.24) is 14.9 Å². The number of carbonyl (C=O) groups excluding carboxylic acids is 1. The number of carbonyl (C=O) groups is 1. The van der Waals surface area contributed by atoms with E-state index in [4.69, 9.17) is 9.72 Å². The summed E-state index contributed by atoms with van der Waals surface area (Å²) in [5.74, 6) is 2.08. The Morgan fingerprint density at radius 2 is 1.62 bits per heavy atom. The molecule has 0 spiro atoms. The van der Waals surface area contributed by atoms with Crippen LogP contribution in [0.1, 0.15) is 57.0 Å². The first-order chi connectivity index (χ1) is 17.9. The van der Waals surface area contributed by atoms with Crippen molar-refractivity contribution in [2.75, 3.05) is 13.2 Å². The second-order valence-electron chi connectivity index (χ2n) is 10.6. The molecule has 0 aliphatic carbocycles. The van der Waals surface area contributed by atoms with Crippen LogP contribution in [0.5, 0.6) is 5.75 Å². The molecule has 0 aliphatic rings. The highest BCUT2D eigenvalue weighted by Crippen LogP contribution is 2.24. The number of hydrogen-bond donors (Lipinski definition) is 1. The van der Waals surface area contributed by atoms with E-state index in [9.17, 15) is 4.79 Å². The molecule has 37 heavy (non-hydrogen) atoms. The van der Waals surface area contributed by atoms with E-state index in [2.05, 4.69) is 73.1 Å². The number of aromatic nitrogens is 2. The van der Waals surface area contributed by atoms with Crippen molar-refractivity contribution in [2.24, 2.45) is 0 Å². The van der Waals surface area contributed by atoms with E-state index in [0.29, 0.717) is 19.6 Å². The normalized spacial score (nSPS) is 11.5. The Labute approximate surface area is 220 Å². The summed E-state index contributed by atoms with van der Waals surface area (Å²) in [6.07, 6.45) is 4.40. The number of imidazole rings is 1. The third kappa shape index (κ3) is 7.69. The van der Waals surface area contributed by atoms with Crippen molar-refractivity contribution >= 4 is 16.9 Å². The molecule has 5 heteroatoms. The van der Waals surface area contributed by atoms with Gasteiger partial charge in [-0.15, -0.1) is 0 Å². The average molecular weight is 498 g/mol. The molecule has 3 aromatic carbocycles. The molecule has 0 fully saturated rings. The van der Waals surface area contributed by atoms with Crippen LogP contribution >= 0.6 is 0 Å². The van der Waals surface area contributed by atoms with Gasteiger partial charge in [-0.25, -0.2) is 4.98 Å². The van der Waals surface area contributed by atoms with E-state index >= 15 is 0 Å². The summed E-state index contributed by atoms with van der Waals surface area (Å²) in [6.45, 7) is 8.72. The summed E-state index contributed by atoms with van der Waals surface area (Å²) in [5.41, 5.74) is 4.66. The minimum Gasteiger partial charge on any atom is -0.492 e. The van der Waals surface area contributed by atoms with E-state index in [1.807, 2.05) is 36.4 Å². The van der Waals surface area contributed by atoms with Crippen molar-refractivity contribution in [3.05, 3.63) is 95.8 Å². The Bertz CT molecular complexity index is 1270. The number of benzene rings is 3. The van der Waals surface area contributed by atoms with Gasteiger partial charge in [0.1, 0.15) is 18.2 Å². The fourth-order valence-corrected chi connectivity index (χ4v) is 4.53. The first-order valence-corrected chi connectivity index (χ1v) is 13.4. The summed E-state index contributed by atoms with van der Waals surface area (Å²) in [6, 6.07) is 26.6. The maximum atomic E-state index is 12.1. The molecule has 0 saturated carbocycles. The number of hydrogen-bond acceptors (Lipinski definition) is 3. The van der Waals surface area contributed by atoms with Crippen LogP contribution in [0.2, 0.25) is 0 Å². The van der Waals surface area contributed by atoms with Crippen LogP contribution in [0.4, 0.5) is 0 Å². The molecule has 0 atom stereocenters. The lowest BCUT2D eigenvalue weighted by atomic mass is 9.87. The van der Waals surface area contributed by atoms with Gasteiger partial charge < -0.3 is 14.6 Å². The number of unbranched alkanes of at least 4 members (excludes halogenated alkanes) is 2. The van der Waals surface area contributed by atoms with Gasteiger partial charge in [0.2, 0.25) is 5.91 Å². The van der Waals surface area contributed by atoms with Crippen LogP contribution in [0.15, 0.2) is 78.9 Å². The van der Waals surface area contributed by atoms with Gasteiger partial charge in [-0.05, 0) is 53.6 Å².